The van der Waals surface area contributed by atoms with E-state index in [9.17, 15) is 19.7 Å². The molecule has 1 atom stereocenters. The van der Waals surface area contributed by atoms with Crippen LogP contribution in [0.2, 0.25) is 0 Å². The zero-order chi connectivity index (χ0) is 34.2. The molecule has 1 saturated heterocycles. The van der Waals surface area contributed by atoms with E-state index in [4.69, 9.17) is 17.0 Å². The quantitative estimate of drug-likeness (QED) is 0.0272. The number of hydrogen-bond acceptors (Lipinski definition) is 6. The van der Waals surface area contributed by atoms with E-state index in [1.807, 2.05) is 133 Å². The Morgan fingerprint density at radius 3 is 1.76 bits per heavy atom. The number of carbonyl (C=O) groups is 2. The number of esters is 1. The number of nitro benzene ring substituents is 1. The minimum atomic E-state index is -3.07. The molecule has 1 aliphatic rings. The fourth-order valence-corrected chi connectivity index (χ4v) is 10.8. The summed E-state index contributed by atoms with van der Waals surface area (Å²) in [6, 6.07) is 44.8. The largest absolute Gasteiger partial charge is 0.456 e. The van der Waals surface area contributed by atoms with Crippen LogP contribution in [0.4, 0.5) is 5.69 Å². The van der Waals surface area contributed by atoms with E-state index >= 15 is 0 Å². The number of β-lactam (4-membered cyclic amide) rings is 1. The van der Waals surface area contributed by atoms with Crippen molar-refractivity contribution in [1.29, 1.82) is 0 Å². The van der Waals surface area contributed by atoms with Crippen LogP contribution >= 0.6 is 19.1 Å². The van der Waals surface area contributed by atoms with Crippen molar-refractivity contribution in [2.24, 2.45) is 0 Å². The molecule has 5 aromatic carbocycles. The molecule has 0 radical (unpaired) electrons. The topological polar surface area (TPSA) is 89.8 Å². The second-order valence-electron chi connectivity index (χ2n) is 11.5. The van der Waals surface area contributed by atoms with Gasteiger partial charge in [0.25, 0.3) is 5.69 Å². The number of thiocarbonyl (C=S) groups is 1. The summed E-state index contributed by atoms with van der Waals surface area (Å²) in [6.45, 7) is -3.20. The lowest BCUT2D eigenvalue weighted by Gasteiger charge is -2.45. The van der Waals surface area contributed by atoms with Crippen molar-refractivity contribution in [3.05, 3.63) is 173 Å². The number of hydrogen-bond donors (Lipinski definition) is 0. The Morgan fingerprint density at radius 2 is 1.29 bits per heavy atom. The number of rotatable bonds is 12. The van der Waals surface area contributed by atoms with Crippen LogP contribution in [0.5, 0.6) is 0 Å². The smallest absolute Gasteiger partial charge is 0.356 e. The number of likely N-dealkylation sites (tertiary alicyclic amines) is 1. The van der Waals surface area contributed by atoms with Crippen molar-refractivity contribution in [3.8, 4) is 0 Å². The van der Waals surface area contributed by atoms with Gasteiger partial charge in [0.05, 0.1) is 11.0 Å². The lowest BCUT2D eigenvalue weighted by atomic mass is 9.96. The molecule has 0 saturated carbocycles. The maximum Gasteiger partial charge on any atom is 0.356 e. The van der Waals surface area contributed by atoms with Gasteiger partial charge < -0.3 is 9.64 Å². The van der Waals surface area contributed by atoms with E-state index in [0.717, 1.165) is 21.5 Å². The number of amides is 1. The number of ether oxygens (including phenoxy) is 1. The van der Waals surface area contributed by atoms with Gasteiger partial charge in [0, 0.05) is 36.7 Å². The van der Waals surface area contributed by atoms with Crippen LogP contribution in [0.1, 0.15) is 24.0 Å². The first-order chi connectivity index (χ1) is 23.9. The van der Waals surface area contributed by atoms with Crippen LogP contribution in [0.25, 0.3) is 6.08 Å². The molecule has 1 unspecified atom stereocenters. The van der Waals surface area contributed by atoms with Crippen molar-refractivity contribution in [3.63, 3.8) is 0 Å². The third-order valence-corrected chi connectivity index (χ3v) is 13.0. The van der Waals surface area contributed by atoms with E-state index in [-0.39, 0.29) is 36.1 Å². The van der Waals surface area contributed by atoms with Gasteiger partial charge in [0.2, 0.25) is 5.91 Å². The highest BCUT2D eigenvalue weighted by atomic mass is 32.1. The SMILES string of the molecule is O=C(OCc1ccc([N+](=O)[O-])cc1)C(N1C(=O)CC1CC(=S)C=Cc1ccccc1)=P(c1ccccc1)(c1ccccc1)c1ccccc1. The molecule has 0 aromatic heterocycles. The molecule has 9 heteroatoms. The summed E-state index contributed by atoms with van der Waals surface area (Å²) in [7, 11) is 0. The fraction of sp³-hybridized carbons (Fsp3) is 0.100. The van der Waals surface area contributed by atoms with Crippen molar-refractivity contribution in [2.45, 2.75) is 25.5 Å². The normalized spacial score (nSPS) is 14.2. The van der Waals surface area contributed by atoms with E-state index in [1.165, 1.54) is 12.1 Å². The highest BCUT2D eigenvalue weighted by Crippen LogP contribution is 2.49. The fourth-order valence-electron chi connectivity index (χ4n) is 6.08. The molecule has 1 aliphatic heterocycles. The maximum absolute atomic E-state index is 14.8. The van der Waals surface area contributed by atoms with Gasteiger partial charge in [-0.25, -0.2) is 4.79 Å². The van der Waals surface area contributed by atoms with E-state index < -0.39 is 17.8 Å². The monoisotopic (exact) mass is 684 g/mol. The molecule has 244 valence electrons. The average Bonchev–Trinajstić information content (AvgIpc) is 3.14. The van der Waals surface area contributed by atoms with Crippen molar-refractivity contribution < 1.29 is 19.2 Å². The third kappa shape index (κ3) is 7.21. The number of non-ortho nitro benzene ring substituents is 1. The Labute approximate surface area is 290 Å². The van der Waals surface area contributed by atoms with Crippen LogP contribution in [-0.4, -0.2) is 38.0 Å². The van der Waals surface area contributed by atoms with Gasteiger partial charge in [-0.2, -0.15) is 0 Å². The van der Waals surface area contributed by atoms with Gasteiger partial charge in [-0.05, 0) is 45.2 Å². The molecular formula is C40H33N2O5PS. The zero-order valence-electron chi connectivity index (χ0n) is 26.5. The standard InChI is InChI=1S/C40H33N2O5PS/c43-38-28-33(27-37(49)26-23-30-13-5-1-6-14-30)41(38)39(40(44)47-29-31-21-24-32(25-22-31)42(45)46)48(34-15-7-2-8-16-34,35-17-9-3-10-18-35)36-19-11-4-12-20-36/h1-26,33H,27-29H2. The summed E-state index contributed by atoms with van der Waals surface area (Å²) in [5.41, 5.74) is 1.81. The molecule has 6 rings (SSSR count). The second kappa shape index (κ2) is 15.2. The van der Waals surface area contributed by atoms with Crippen molar-refractivity contribution in [2.75, 3.05) is 0 Å². The van der Waals surface area contributed by atoms with E-state index in [1.54, 1.807) is 17.0 Å². The predicted octanol–water partition coefficient (Wildman–Crippen LogP) is 6.84. The zero-order valence-corrected chi connectivity index (χ0v) is 28.2. The van der Waals surface area contributed by atoms with Crippen LogP contribution in [-0.2, 0) is 20.9 Å². The summed E-state index contributed by atoms with van der Waals surface area (Å²) in [4.78, 5) is 41.7. The number of nitro groups is 1. The third-order valence-electron chi connectivity index (χ3n) is 8.42. The first kappa shape index (κ1) is 33.5. The van der Waals surface area contributed by atoms with Crippen LogP contribution < -0.4 is 15.9 Å². The second-order valence-corrected chi connectivity index (χ2v) is 15.4. The lowest BCUT2D eigenvalue weighted by molar-refractivity contribution is -0.384. The van der Waals surface area contributed by atoms with Gasteiger partial charge >= 0.3 is 5.97 Å². The summed E-state index contributed by atoms with van der Waals surface area (Å²) in [6.07, 6.45) is 4.45. The first-order valence-corrected chi connectivity index (χ1v) is 18.0. The molecule has 1 amide bonds. The van der Waals surface area contributed by atoms with Gasteiger partial charge in [-0.3, -0.25) is 14.9 Å². The first-order valence-electron chi connectivity index (χ1n) is 15.8. The summed E-state index contributed by atoms with van der Waals surface area (Å²) >= 11 is 5.80. The van der Waals surface area contributed by atoms with Crippen molar-refractivity contribution in [1.82, 2.24) is 4.90 Å². The molecule has 49 heavy (non-hydrogen) atoms. The molecule has 0 spiro atoms. The number of benzene rings is 5. The molecule has 7 nitrogen and oxygen atoms in total. The van der Waals surface area contributed by atoms with Crippen molar-refractivity contribution >= 4 is 68.9 Å². The Balaban J connectivity index is 1.52. The molecule has 1 heterocycles. The molecule has 0 N–H and O–H groups in total. The molecule has 5 aromatic rings. The highest BCUT2D eigenvalue weighted by Gasteiger charge is 2.47. The summed E-state index contributed by atoms with van der Waals surface area (Å²) in [5, 5.41) is 13.9. The van der Waals surface area contributed by atoms with Gasteiger partial charge in [-0.1, -0.05) is 140 Å². The Kier molecular flexibility index (Phi) is 10.4. The Hall–Kier alpha value is -5.43. The molecule has 1 fully saturated rings. The van der Waals surface area contributed by atoms with Crippen LogP contribution in [0.15, 0.2) is 152 Å². The summed E-state index contributed by atoms with van der Waals surface area (Å²) in [5.74, 6) is -0.818. The van der Waals surface area contributed by atoms with Crippen LogP contribution in [0.3, 0.4) is 0 Å². The predicted molar refractivity (Wildman–Crippen MR) is 201 cm³/mol. The van der Waals surface area contributed by atoms with Crippen LogP contribution in [0, 0.1) is 10.1 Å². The van der Waals surface area contributed by atoms with Gasteiger partial charge in [0.15, 0.2) is 0 Å². The number of nitrogens with zero attached hydrogens (tertiary/aromatic N) is 2. The number of carbonyl (C=O) groups excluding carboxylic acids is 2. The van der Waals surface area contributed by atoms with Gasteiger partial charge in [0.1, 0.15) is 12.0 Å². The maximum atomic E-state index is 14.8. The lowest BCUT2D eigenvalue weighted by Crippen LogP contribution is -2.60. The molecule has 0 aliphatic carbocycles. The highest BCUT2D eigenvalue weighted by molar-refractivity contribution is 7.96. The minimum Gasteiger partial charge on any atom is -0.456 e. The number of allylic oxidation sites excluding steroid dienone is 1. The molecule has 0 bridgehead atoms. The Morgan fingerprint density at radius 1 is 0.796 bits per heavy atom. The molecular weight excluding hydrogens is 651 g/mol. The minimum absolute atomic E-state index is 0.0594. The van der Waals surface area contributed by atoms with E-state index in [0.29, 0.717) is 16.8 Å². The Bertz CT molecular complexity index is 1950. The average molecular weight is 685 g/mol. The van der Waals surface area contributed by atoms with Gasteiger partial charge in [-0.15, -0.1) is 0 Å². The van der Waals surface area contributed by atoms with E-state index in [2.05, 4.69) is 0 Å². The summed E-state index contributed by atoms with van der Waals surface area (Å²) < 4.78 is 6.07.